The Morgan fingerprint density at radius 1 is 1.35 bits per heavy atom. The van der Waals surface area contributed by atoms with E-state index < -0.39 is 12.1 Å². The van der Waals surface area contributed by atoms with Crippen LogP contribution in [0.1, 0.15) is 35.8 Å². The minimum Gasteiger partial charge on any atom is -0.391 e. The number of nitrogens with one attached hydrogen (secondary N) is 3. The summed E-state index contributed by atoms with van der Waals surface area (Å²) in [4.78, 5) is 32.3. The number of thiazole rings is 1. The molecule has 31 heavy (non-hydrogen) atoms. The Bertz CT molecular complexity index is 1120. The van der Waals surface area contributed by atoms with Crippen LogP contribution in [-0.4, -0.2) is 59.8 Å². The molecule has 5 rings (SSSR count). The van der Waals surface area contributed by atoms with Gasteiger partial charge in [-0.05, 0) is 31.4 Å². The first kappa shape index (κ1) is 20.1. The number of nitrogens with zero attached hydrogens (tertiary/aromatic N) is 6. The Kier molecular flexibility index (Phi) is 5.20. The molecule has 1 saturated heterocycles. The number of hydrogen-bond acceptors (Lipinski definition) is 10. The van der Waals surface area contributed by atoms with Crippen molar-refractivity contribution in [3.05, 3.63) is 28.1 Å². The second-order valence-corrected chi connectivity index (χ2v) is 9.23. The molecule has 13 heteroatoms. The number of aromatic nitrogens is 6. The molecular weight excluding hydrogens is 442 g/mol. The largest absolute Gasteiger partial charge is 0.391 e. The number of halogens is 1. The maximum Gasteiger partial charge on any atom is 0.249 e. The van der Waals surface area contributed by atoms with Gasteiger partial charge in [0.05, 0.1) is 6.10 Å². The summed E-state index contributed by atoms with van der Waals surface area (Å²) in [6, 6.07) is 1.25. The van der Waals surface area contributed by atoms with Crippen LogP contribution >= 0.6 is 22.9 Å². The van der Waals surface area contributed by atoms with Crippen molar-refractivity contribution in [3.8, 4) is 0 Å². The number of aryl methyl sites for hydroxylation is 1. The molecule has 1 aliphatic carbocycles. The summed E-state index contributed by atoms with van der Waals surface area (Å²) in [5, 5.41) is 23.7. The van der Waals surface area contributed by atoms with Gasteiger partial charge in [0, 0.05) is 41.7 Å². The van der Waals surface area contributed by atoms with Crippen molar-refractivity contribution in [1.29, 1.82) is 0 Å². The van der Waals surface area contributed by atoms with Crippen LogP contribution in [-0.2, 0) is 4.79 Å². The van der Waals surface area contributed by atoms with Crippen LogP contribution in [0.2, 0.25) is 5.28 Å². The quantitative estimate of drug-likeness (QED) is 0.434. The van der Waals surface area contributed by atoms with Gasteiger partial charge >= 0.3 is 0 Å². The molecule has 0 aromatic carbocycles. The van der Waals surface area contributed by atoms with Crippen LogP contribution in [0.4, 0.5) is 22.8 Å². The van der Waals surface area contributed by atoms with Gasteiger partial charge in [-0.3, -0.25) is 9.89 Å². The Labute approximate surface area is 186 Å². The predicted octanol–water partition coefficient (Wildman–Crippen LogP) is 2.21. The molecule has 1 aliphatic heterocycles. The number of aromatic amines is 1. The molecular formula is C18H20ClN9O2S. The Morgan fingerprint density at radius 3 is 2.94 bits per heavy atom. The number of rotatable bonds is 6. The number of anilines is 4. The summed E-state index contributed by atoms with van der Waals surface area (Å²) in [5.74, 6) is 1.23. The van der Waals surface area contributed by atoms with Crippen molar-refractivity contribution in [1.82, 2.24) is 30.1 Å². The van der Waals surface area contributed by atoms with E-state index in [0.29, 0.717) is 16.9 Å². The monoisotopic (exact) mass is 461 g/mol. The molecule has 1 amide bonds. The van der Waals surface area contributed by atoms with E-state index in [1.165, 1.54) is 11.3 Å². The van der Waals surface area contributed by atoms with Crippen molar-refractivity contribution in [3.63, 3.8) is 0 Å². The average molecular weight is 462 g/mol. The van der Waals surface area contributed by atoms with Gasteiger partial charge < -0.3 is 20.6 Å². The van der Waals surface area contributed by atoms with E-state index >= 15 is 0 Å². The number of β-amino-alcohol motifs (C(OH)–C–C–N with tert-alkyl or cyclic N) is 1. The van der Waals surface area contributed by atoms with E-state index in [9.17, 15) is 9.90 Å². The van der Waals surface area contributed by atoms with Gasteiger partial charge in [-0.15, -0.1) is 11.3 Å². The van der Waals surface area contributed by atoms with Crippen LogP contribution in [0.3, 0.4) is 0 Å². The van der Waals surface area contributed by atoms with Crippen molar-refractivity contribution in [2.45, 2.75) is 44.2 Å². The van der Waals surface area contributed by atoms with E-state index in [1.54, 1.807) is 11.1 Å². The third-order valence-corrected chi connectivity index (χ3v) is 6.14. The summed E-state index contributed by atoms with van der Waals surface area (Å²) in [7, 11) is 0. The van der Waals surface area contributed by atoms with E-state index in [4.69, 9.17) is 11.6 Å². The molecule has 1 saturated carbocycles. The van der Waals surface area contributed by atoms with Gasteiger partial charge in [0.25, 0.3) is 0 Å². The van der Waals surface area contributed by atoms with Crippen molar-refractivity contribution >= 4 is 51.7 Å². The van der Waals surface area contributed by atoms with Crippen molar-refractivity contribution in [2.24, 2.45) is 0 Å². The highest BCUT2D eigenvalue weighted by Crippen LogP contribution is 2.39. The summed E-state index contributed by atoms with van der Waals surface area (Å²) in [6.07, 6.45) is 3.55. The molecule has 2 atom stereocenters. The molecule has 4 heterocycles. The first-order valence-corrected chi connectivity index (χ1v) is 11.1. The number of hydrogen-bond donors (Lipinski definition) is 4. The van der Waals surface area contributed by atoms with Crippen LogP contribution in [0, 0.1) is 6.92 Å². The molecule has 3 aromatic rings. The number of aliphatic hydroxyl groups is 1. The Balaban J connectivity index is 1.36. The standard InChI is InChI=1S/C18H20ClN9O2S/c1-8-6-20-18(31-8)22-14(30)12-4-10(29)7-28(12)17-24-15(19)23-16(25-17)21-13-5-11(26-27-13)9-2-3-9/h5-6,9-10,12,29H,2-4,7H2,1H3,(H,20,22,30)(H2,21,23,24,25,26,27)/t10-,12-/m0/s1. The second kappa shape index (κ2) is 8.02. The van der Waals surface area contributed by atoms with Gasteiger partial charge in [-0.25, -0.2) is 4.98 Å². The fraction of sp³-hybridized carbons (Fsp3) is 0.444. The first-order chi connectivity index (χ1) is 14.9. The number of carbonyl (C=O) groups is 1. The zero-order valence-corrected chi connectivity index (χ0v) is 18.1. The fourth-order valence-electron chi connectivity index (χ4n) is 3.53. The van der Waals surface area contributed by atoms with Crippen molar-refractivity contribution < 1.29 is 9.90 Å². The number of amides is 1. The minimum atomic E-state index is -0.701. The normalized spacial score (nSPS) is 20.8. The van der Waals surface area contributed by atoms with Gasteiger partial charge in [-0.2, -0.15) is 20.1 Å². The molecule has 0 bridgehead atoms. The smallest absolute Gasteiger partial charge is 0.249 e. The first-order valence-electron chi connectivity index (χ1n) is 9.86. The Morgan fingerprint density at radius 2 is 2.19 bits per heavy atom. The average Bonchev–Trinajstić information content (AvgIpc) is 3.12. The van der Waals surface area contributed by atoms with E-state index in [2.05, 4.69) is 40.8 Å². The van der Waals surface area contributed by atoms with Gasteiger partial charge in [-0.1, -0.05) is 0 Å². The molecule has 4 N–H and O–H groups in total. The maximum absolute atomic E-state index is 12.9. The maximum atomic E-state index is 12.9. The highest BCUT2D eigenvalue weighted by atomic mass is 35.5. The number of aliphatic hydroxyl groups excluding tert-OH is 1. The number of H-pyrrole nitrogens is 1. The summed E-state index contributed by atoms with van der Waals surface area (Å²) in [5.41, 5.74) is 1.07. The number of carbonyl (C=O) groups excluding carboxylic acids is 1. The molecule has 0 radical (unpaired) electrons. The van der Waals surface area contributed by atoms with Gasteiger partial charge in [0.15, 0.2) is 10.9 Å². The second-order valence-electron chi connectivity index (χ2n) is 7.66. The predicted molar refractivity (Wildman–Crippen MR) is 116 cm³/mol. The van der Waals surface area contributed by atoms with E-state index in [-0.39, 0.29) is 36.1 Å². The molecule has 3 aromatic heterocycles. The van der Waals surface area contributed by atoms with Crippen molar-refractivity contribution in [2.75, 3.05) is 22.1 Å². The van der Waals surface area contributed by atoms with Crippen LogP contribution < -0.4 is 15.5 Å². The molecule has 0 unspecified atom stereocenters. The van der Waals surface area contributed by atoms with Crippen LogP contribution in [0.15, 0.2) is 12.3 Å². The SMILES string of the molecule is Cc1cnc(NC(=O)[C@@H]2C[C@H](O)CN2c2nc(Cl)nc(Nc3cc(C4CC4)[nH]n3)n2)s1. The fourth-order valence-corrected chi connectivity index (χ4v) is 4.35. The van der Waals surface area contributed by atoms with Crippen LogP contribution in [0.5, 0.6) is 0 Å². The zero-order valence-electron chi connectivity index (χ0n) is 16.5. The lowest BCUT2D eigenvalue weighted by Gasteiger charge is -2.23. The van der Waals surface area contributed by atoms with E-state index in [0.717, 1.165) is 23.4 Å². The summed E-state index contributed by atoms with van der Waals surface area (Å²) >= 11 is 7.51. The molecule has 162 valence electrons. The third kappa shape index (κ3) is 4.45. The molecule has 2 aliphatic rings. The molecule has 11 nitrogen and oxygen atoms in total. The zero-order chi connectivity index (χ0) is 21.5. The highest BCUT2D eigenvalue weighted by molar-refractivity contribution is 7.15. The third-order valence-electron chi connectivity index (χ3n) is 5.14. The molecule has 0 spiro atoms. The van der Waals surface area contributed by atoms with Gasteiger partial charge in [0.1, 0.15) is 6.04 Å². The topological polar surface area (TPSA) is 145 Å². The summed E-state index contributed by atoms with van der Waals surface area (Å²) in [6.45, 7) is 2.11. The lowest BCUT2D eigenvalue weighted by molar-refractivity contribution is -0.117. The molecule has 2 fully saturated rings. The summed E-state index contributed by atoms with van der Waals surface area (Å²) < 4.78 is 0. The Hall–Kier alpha value is -2.83. The van der Waals surface area contributed by atoms with E-state index in [1.807, 2.05) is 13.0 Å². The van der Waals surface area contributed by atoms with Crippen LogP contribution in [0.25, 0.3) is 0 Å². The lowest BCUT2D eigenvalue weighted by Crippen LogP contribution is -2.40. The highest BCUT2D eigenvalue weighted by Gasteiger charge is 2.38. The lowest BCUT2D eigenvalue weighted by atomic mass is 10.2. The van der Waals surface area contributed by atoms with Gasteiger partial charge in [0.2, 0.25) is 23.1 Å². The minimum absolute atomic E-state index is 0.0263.